The first kappa shape index (κ1) is 13.6. The lowest BCUT2D eigenvalue weighted by Gasteiger charge is -2.13. The number of aromatic nitrogens is 1. The number of fused-ring (bicyclic) bond motifs is 1. The predicted molar refractivity (Wildman–Crippen MR) is 81.8 cm³/mol. The molecule has 0 radical (unpaired) electrons. The molecule has 0 spiro atoms. The maximum absolute atomic E-state index is 6.15. The van der Waals surface area contributed by atoms with E-state index < -0.39 is 0 Å². The van der Waals surface area contributed by atoms with Gasteiger partial charge in [0.2, 0.25) is 0 Å². The molecule has 1 atom stereocenters. The molecule has 2 rings (SSSR count). The maximum Gasteiger partial charge on any atom is 0.184 e. The lowest BCUT2D eigenvalue weighted by atomic mass is 10.0. The van der Waals surface area contributed by atoms with Crippen molar-refractivity contribution in [2.75, 3.05) is 5.32 Å². The minimum atomic E-state index is 0.451. The van der Waals surface area contributed by atoms with Crippen LogP contribution >= 0.6 is 22.9 Å². The van der Waals surface area contributed by atoms with E-state index in [4.69, 9.17) is 11.6 Å². The van der Waals surface area contributed by atoms with Gasteiger partial charge in [-0.05, 0) is 37.8 Å². The summed E-state index contributed by atoms with van der Waals surface area (Å²) in [5, 5.41) is 5.21. The Hall–Kier alpha value is -0.800. The summed E-state index contributed by atoms with van der Waals surface area (Å²) in [4.78, 5) is 4.56. The number of anilines is 1. The van der Waals surface area contributed by atoms with E-state index in [2.05, 4.69) is 31.1 Å². The van der Waals surface area contributed by atoms with Crippen LogP contribution in [0.5, 0.6) is 0 Å². The number of thiazole rings is 1. The SMILES string of the molecule is CC(C)CCC(C)Nc1nc2cccc(Cl)c2s1. The molecule has 1 aromatic carbocycles. The Morgan fingerprint density at radius 2 is 2.06 bits per heavy atom. The fraction of sp³-hybridized carbons (Fsp3) is 0.500. The molecule has 0 aliphatic heterocycles. The maximum atomic E-state index is 6.15. The molecule has 0 aliphatic carbocycles. The highest BCUT2D eigenvalue weighted by molar-refractivity contribution is 7.22. The Balaban J connectivity index is 2.05. The van der Waals surface area contributed by atoms with E-state index in [1.54, 1.807) is 11.3 Å². The zero-order chi connectivity index (χ0) is 13.1. The number of hydrogen-bond acceptors (Lipinski definition) is 3. The first-order chi connectivity index (χ1) is 8.56. The zero-order valence-corrected chi connectivity index (χ0v) is 12.6. The molecule has 1 aromatic heterocycles. The van der Waals surface area contributed by atoms with Gasteiger partial charge in [0.1, 0.15) is 0 Å². The van der Waals surface area contributed by atoms with Crippen LogP contribution in [0, 0.1) is 5.92 Å². The number of rotatable bonds is 5. The monoisotopic (exact) mass is 282 g/mol. The second-order valence-corrected chi connectivity index (χ2v) is 6.53. The van der Waals surface area contributed by atoms with Gasteiger partial charge >= 0.3 is 0 Å². The summed E-state index contributed by atoms with van der Waals surface area (Å²) >= 11 is 7.78. The van der Waals surface area contributed by atoms with E-state index in [9.17, 15) is 0 Å². The Labute approximate surface area is 117 Å². The standard InChI is InChI=1S/C14H19ClN2S/c1-9(2)7-8-10(3)16-14-17-12-6-4-5-11(15)13(12)18-14/h4-6,9-10H,7-8H2,1-3H3,(H,16,17). The summed E-state index contributed by atoms with van der Waals surface area (Å²) in [7, 11) is 0. The Bertz CT molecular complexity index is 521. The van der Waals surface area contributed by atoms with Crippen LogP contribution in [-0.4, -0.2) is 11.0 Å². The molecular formula is C14H19ClN2S. The quantitative estimate of drug-likeness (QED) is 0.817. The zero-order valence-electron chi connectivity index (χ0n) is 11.0. The fourth-order valence-electron chi connectivity index (χ4n) is 1.84. The summed E-state index contributed by atoms with van der Waals surface area (Å²) in [6.07, 6.45) is 2.40. The van der Waals surface area contributed by atoms with Gasteiger partial charge in [0, 0.05) is 6.04 Å². The largest absolute Gasteiger partial charge is 0.359 e. The van der Waals surface area contributed by atoms with Crippen molar-refractivity contribution >= 4 is 38.3 Å². The highest BCUT2D eigenvalue weighted by atomic mass is 35.5. The van der Waals surface area contributed by atoms with E-state index in [0.29, 0.717) is 6.04 Å². The molecule has 1 unspecified atom stereocenters. The number of halogens is 1. The van der Waals surface area contributed by atoms with Crippen LogP contribution in [0.1, 0.15) is 33.6 Å². The van der Waals surface area contributed by atoms with Gasteiger partial charge in [-0.15, -0.1) is 0 Å². The van der Waals surface area contributed by atoms with E-state index >= 15 is 0 Å². The van der Waals surface area contributed by atoms with E-state index in [1.165, 1.54) is 12.8 Å². The second kappa shape index (κ2) is 5.89. The molecule has 0 aliphatic rings. The molecule has 1 heterocycles. The minimum absolute atomic E-state index is 0.451. The molecule has 0 saturated carbocycles. The summed E-state index contributed by atoms with van der Waals surface area (Å²) in [6.45, 7) is 6.71. The highest BCUT2D eigenvalue weighted by Crippen LogP contribution is 2.32. The van der Waals surface area contributed by atoms with Crippen molar-refractivity contribution in [3.8, 4) is 0 Å². The van der Waals surface area contributed by atoms with Crippen LogP contribution < -0.4 is 5.32 Å². The van der Waals surface area contributed by atoms with Crippen LogP contribution in [0.15, 0.2) is 18.2 Å². The van der Waals surface area contributed by atoms with Crippen molar-refractivity contribution < 1.29 is 0 Å². The Morgan fingerprint density at radius 3 is 2.72 bits per heavy atom. The van der Waals surface area contributed by atoms with E-state index in [-0.39, 0.29) is 0 Å². The number of nitrogens with one attached hydrogen (secondary N) is 1. The van der Waals surface area contributed by atoms with Crippen LogP contribution in [0.3, 0.4) is 0 Å². The highest BCUT2D eigenvalue weighted by Gasteiger charge is 2.09. The first-order valence-corrected chi connectivity index (χ1v) is 7.57. The van der Waals surface area contributed by atoms with Gasteiger partial charge < -0.3 is 5.32 Å². The third-order valence-electron chi connectivity index (χ3n) is 2.91. The van der Waals surface area contributed by atoms with Crippen molar-refractivity contribution in [1.82, 2.24) is 4.98 Å². The number of benzene rings is 1. The van der Waals surface area contributed by atoms with Crippen molar-refractivity contribution in [1.29, 1.82) is 0 Å². The predicted octanol–water partition coefficient (Wildman–Crippen LogP) is 5.19. The van der Waals surface area contributed by atoms with Gasteiger partial charge in [-0.25, -0.2) is 4.98 Å². The number of hydrogen-bond donors (Lipinski definition) is 1. The van der Waals surface area contributed by atoms with Gasteiger partial charge in [-0.1, -0.05) is 42.9 Å². The summed E-state index contributed by atoms with van der Waals surface area (Å²) in [5.74, 6) is 0.749. The average Bonchev–Trinajstić information content (AvgIpc) is 2.70. The smallest absolute Gasteiger partial charge is 0.184 e. The van der Waals surface area contributed by atoms with Crippen molar-refractivity contribution in [3.63, 3.8) is 0 Å². The van der Waals surface area contributed by atoms with Crippen molar-refractivity contribution in [2.45, 2.75) is 39.7 Å². The molecule has 0 amide bonds. The topological polar surface area (TPSA) is 24.9 Å². The molecule has 2 nitrogen and oxygen atoms in total. The summed E-state index contributed by atoms with van der Waals surface area (Å²) in [5.41, 5.74) is 0.978. The second-order valence-electron chi connectivity index (χ2n) is 5.12. The lowest BCUT2D eigenvalue weighted by Crippen LogP contribution is -2.15. The molecule has 0 bridgehead atoms. The molecule has 0 saturated heterocycles. The normalized spacial score (nSPS) is 13.2. The Kier molecular flexibility index (Phi) is 4.46. The molecule has 1 N–H and O–H groups in total. The van der Waals surface area contributed by atoms with Crippen molar-refractivity contribution in [3.05, 3.63) is 23.2 Å². The Morgan fingerprint density at radius 1 is 1.28 bits per heavy atom. The molecule has 2 aromatic rings. The van der Waals surface area contributed by atoms with Crippen LogP contribution in [0.4, 0.5) is 5.13 Å². The average molecular weight is 283 g/mol. The third kappa shape index (κ3) is 3.36. The lowest BCUT2D eigenvalue weighted by molar-refractivity contribution is 0.527. The molecule has 18 heavy (non-hydrogen) atoms. The summed E-state index contributed by atoms with van der Waals surface area (Å²) in [6, 6.07) is 6.30. The fourth-order valence-corrected chi connectivity index (χ4v) is 3.11. The van der Waals surface area contributed by atoms with Gasteiger partial charge in [0.15, 0.2) is 5.13 Å². The van der Waals surface area contributed by atoms with Crippen molar-refractivity contribution in [2.24, 2.45) is 5.92 Å². The van der Waals surface area contributed by atoms with E-state index in [1.807, 2.05) is 18.2 Å². The third-order valence-corrected chi connectivity index (χ3v) is 4.38. The van der Waals surface area contributed by atoms with Crippen LogP contribution in [0.2, 0.25) is 5.02 Å². The van der Waals surface area contributed by atoms with Gasteiger partial charge in [0.05, 0.1) is 15.2 Å². The molecule has 98 valence electrons. The molecular weight excluding hydrogens is 264 g/mol. The first-order valence-electron chi connectivity index (χ1n) is 6.38. The van der Waals surface area contributed by atoms with Gasteiger partial charge in [0.25, 0.3) is 0 Å². The molecule has 4 heteroatoms. The van der Waals surface area contributed by atoms with Crippen LogP contribution in [0.25, 0.3) is 10.2 Å². The number of nitrogens with zero attached hydrogens (tertiary/aromatic N) is 1. The summed E-state index contributed by atoms with van der Waals surface area (Å²) < 4.78 is 1.07. The van der Waals surface area contributed by atoms with Gasteiger partial charge in [-0.2, -0.15) is 0 Å². The van der Waals surface area contributed by atoms with Crippen LogP contribution in [-0.2, 0) is 0 Å². The van der Waals surface area contributed by atoms with Gasteiger partial charge in [-0.3, -0.25) is 0 Å². The molecule has 0 fully saturated rings. The van der Waals surface area contributed by atoms with E-state index in [0.717, 1.165) is 26.3 Å². The minimum Gasteiger partial charge on any atom is -0.359 e.